The summed E-state index contributed by atoms with van der Waals surface area (Å²) in [6, 6.07) is 6.02. The molecule has 4 rings (SSSR count). The Morgan fingerprint density at radius 1 is 1.17 bits per heavy atom. The third kappa shape index (κ3) is 3.69. The highest BCUT2D eigenvalue weighted by Crippen LogP contribution is 2.33. The van der Waals surface area contributed by atoms with E-state index in [-0.39, 0.29) is 18.2 Å². The zero-order chi connectivity index (χ0) is 20.8. The number of aromatic nitrogens is 3. The normalized spacial score (nSPS) is 14.9. The van der Waals surface area contributed by atoms with Gasteiger partial charge < -0.3 is 15.3 Å². The first kappa shape index (κ1) is 19.4. The van der Waals surface area contributed by atoms with Gasteiger partial charge in [-0.2, -0.15) is 18.3 Å². The predicted octanol–water partition coefficient (Wildman–Crippen LogP) is 3.45. The molecular weight excluding hydrogens is 383 g/mol. The molecule has 1 saturated heterocycles. The molecule has 1 aliphatic rings. The lowest BCUT2D eigenvalue weighted by Crippen LogP contribution is -2.51. The van der Waals surface area contributed by atoms with Gasteiger partial charge in [-0.3, -0.25) is 0 Å². The number of alkyl halides is 3. The van der Waals surface area contributed by atoms with E-state index in [1.165, 1.54) is 13.0 Å². The molecule has 0 unspecified atom stereocenters. The first-order chi connectivity index (χ1) is 13.7. The standard InChI is InChI=1S/C20H20F3N5O/c1-11-13(4-3-5-17(11)20(21,22)23)7-25-19-15-6-18(28-9-14(29)10-28)24-8-16(15)12(2)26-27-19/h3-6,8,14,29H,7,9-10H2,1-2H3,(H,25,27). The van der Waals surface area contributed by atoms with Crippen molar-refractivity contribution in [2.45, 2.75) is 32.7 Å². The average Bonchev–Trinajstić information content (AvgIpc) is 2.65. The molecule has 9 heteroatoms. The molecule has 0 radical (unpaired) electrons. The second-order valence-corrected chi connectivity index (χ2v) is 7.22. The number of anilines is 2. The average molecular weight is 403 g/mol. The van der Waals surface area contributed by atoms with Crippen molar-refractivity contribution in [3.8, 4) is 0 Å². The number of aliphatic hydroxyl groups is 1. The van der Waals surface area contributed by atoms with E-state index in [2.05, 4.69) is 20.5 Å². The third-order valence-corrected chi connectivity index (χ3v) is 5.22. The van der Waals surface area contributed by atoms with Crippen molar-refractivity contribution in [1.29, 1.82) is 0 Å². The highest BCUT2D eigenvalue weighted by molar-refractivity contribution is 5.94. The van der Waals surface area contributed by atoms with E-state index in [0.29, 0.717) is 36.0 Å². The molecule has 0 bridgehead atoms. The number of aryl methyl sites for hydroxylation is 1. The molecule has 0 saturated carbocycles. The van der Waals surface area contributed by atoms with Gasteiger partial charge in [-0.1, -0.05) is 12.1 Å². The number of halogens is 3. The predicted molar refractivity (Wildman–Crippen MR) is 104 cm³/mol. The Labute approximate surface area is 165 Å². The Balaban J connectivity index is 1.65. The van der Waals surface area contributed by atoms with Gasteiger partial charge in [0.25, 0.3) is 0 Å². The maximum atomic E-state index is 13.2. The van der Waals surface area contributed by atoms with Crippen molar-refractivity contribution in [2.75, 3.05) is 23.3 Å². The van der Waals surface area contributed by atoms with E-state index in [0.717, 1.165) is 16.8 Å². The molecule has 29 heavy (non-hydrogen) atoms. The summed E-state index contributed by atoms with van der Waals surface area (Å²) in [4.78, 5) is 6.38. The topological polar surface area (TPSA) is 74.2 Å². The highest BCUT2D eigenvalue weighted by Gasteiger charge is 2.32. The number of nitrogens with one attached hydrogen (secondary N) is 1. The van der Waals surface area contributed by atoms with E-state index in [1.54, 1.807) is 12.3 Å². The Hall–Kier alpha value is -2.94. The van der Waals surface area contributed by atoms with Gasteiger partial charge in [0.15, 0.2) is 5.82 Å². The maximum absolute atomic E-state index is 13.2. The van der Waals surface area contributed by atoms with Crippen LogP contribution in [0.15, 0.2) is 30.5 Å². The van der Waals surface area contributed by atoms with Crippen LogP contribution in [0.4, 0.5) is 24.8 Å². The number of hydrogen-bond donors (Lipinski definition) is 2. The van der Waals surface area contributed by atoms with Crippen LogP contribution in [-0.2, 0) is 12.7 Å². The summed E-state index contributed by atoms with van der Waals surface area (Å²) >= 11 is 0. The van der Waals surface area contributed by atoms with Crippen LogP contribution in [0.5, 0.6) is 0 Å². The fourth-order valence-corrected chi connectivity index (χ4v) is 3.47. The number of benzene rings is 1. The summed E-state index contributed by atoms with van der Waals surface area (Å²) in [5.74, 6) is 1.20. The van der Waals surface area contributed by atoms with Crippen LogP contribution >= 0.6 is 0 Å². The first-order valence-electron chi connectivity index (χ1n) is 9.19. The number of pyridine rings is 1. The Morgan fingerprint density at radius 3 is 2.62 bits per heavy atom. The van der Waals surface area contributed by atoms with E-state index < -0.39 is 11.7 Å². The molecule has 0 aliphatic carbocycles. The number of rotatable bonds is 4. The summed E-state index contributed by atoms with van der Waals surface area (Å²) in [6.07, 6.45) is -3.04. The minimum atomic E-state index is -4.39. The fourth-order valence-electron chi connectivity index (χ4n) is 3.47. The molecule has 2 aromatic heterocycles. The van der Waals surface area contributed by atoms with E-state index in [1.807, 2.05) is 17.9 Å². The quantitative estimate of drug-likeness (QED) is 0.695. The van der Waals surface area contributed by atoms with Crippen molar-refractivity contribution in [3.63, 3.8) is 0 Å². The summed E-state index contributed by atoms with van der Waals surface area (Å²) < 4.78 is 39.5. The Morgan fingerprint density at radius 2 is 1.93 bits per heavy atom. The van der Waals surface area contributed by atoms with E-state index in [9.17, 15) is 18.3 Å². The molecule has 3 heterocycles. The summed E-state index contributed by atoms with van der Waals surface area (Å²) in [5, 5.41) is 22.6. The van der Waals surface area contributed by atoms with Crippen molar-refractivity contribution >= 4 is 22.4 Å². The lowest BCUT2D eigenvalue weighted by atomic mass is 10.0. The fraction of sp³-hybridized carbons (Fsp3) is 0.350. The zero-order valence-corrected chi connectivity index (χ0v) is 16.0. The molecule has 0 spiro atoms. The van der Waals surface area contributed by atoms with Crippen molar-refractivity contribution in [1.82, 2.24) is 15.2 Å². The number of aliphatic hydroxyl groups excluding tert-OH is 1. The monoisotopic (exact) mass is 403 g/mol. The third-order valence-electron chi connectivity index (χ3n) is 5.22. The Kier molecular flexibility index (Phi) is 4.77. The van der Waals surface area contributed by atoms with Crippen LogP contribution in [0, 0.1) is 13.8 Å². The molecule has 6 nitrogen and oxygen atoms in total. The molecule has 152 valence electrons. The lowest BCUT2D eigenvalue weighted by molar-refractivity contribution is -0.138. The van der Waals surface area contributed by atoms with Gasteiger partial charge in [-0.15, -0.1) is 5.10 Å². The largest absolute Gasteiger partial charge is 0.416 e. The van der Waals surface area contributed by atoms with Crippen LogP contribution in [0.25, 0.3) is 10.8 Å². The molecule has 0 amide bonds. The summed E-state index contributed by atoms with van der Waals surface area (Å²) in [6.45, 7) is 4.51. The second-order valence-electron chi connectivity index (χ2n) is 7.22. The van der Waals surface area contributed by atoms with Crippen molar-refractivity contribution < 1.29 is 18.3 Å². The van der Waals surface area contributed by atoms with Gasteiger partial charge in [0.2, 0.25) is 0 Å². The molecule has 0 atom stereocenters. The van der Waals surface area contributed by atoms with Crippen LogP contribution in [-0.4, -0.2) is 39.5 Å². The molecule has 1 aromatic carbocycles. The molecular formula is C20H20F3N5O. The molecule has 3 aromatic rings. The zero-order valence-electron chi connectivity index (χ0n) is 16.0. The first-order valence-corrected chi connectivity index (χ1v) is 9.19. The Bertz CT molecular complexity index is 1060. The second kappa shape index (κ2) is 7.14. The smallest absolute Gasteiger partial charge is 0.389 e. The van der Waals surface area contributed by atoms with Crippen molar-refractivity contribution in [3.05, 3.63) is 52.8 Å². The van der Waals surface area contributed by atoms with Gasteiger partial charge in [0.05, 0.1) is 17.4 Å². The van der Waals surface area contributed by atoms with Gasteiger partial charge in [-0.25, -0.2) is 4.98 Å². The van der Waals surface area contributed by atoms with E-state index in [4.69, 9.17) is 0 Å². The van der Waals surface area contributed by atoms with Crippen molar-refractivity contribution in [2.24, 2.45) is 0 Å². The minimum Gasteiger partial charge on any atom is -0.389 e. The van der Waals surface area contributed by atoms with E-state index >= 15 is 0 Å². The van der Waals surface area contributed by atoms with Gasteiger partial charge in [-0.05, 0) is 37.1 Å². The van der Waals surface area contributed by atoms with Gasteiger partial charge in [0.1, 0.15) is 5.82 Å². The highest BCUT2D eigenvalue weighted by atomic mass is 19.4. The lowest BCUT2D eigenvalue weighted by Gasteiger charge is -2.36. The molecule has 1 fully saturated rings. The van der Waals surface area contributed by atoms with Crippen LogP contribution in [0.1, 0.15) is 22.4 Å². The minimum absolute atomic E-state index is 0.183. The van der Waals surface area contributed by atoms with Gasteiger partial charge >= 0.3 is 6.18 Å². The summed E-state index contributed by atoms with van der Waals surface area (Å²) in [7, 11) is 0. The summed E-state index contributed by atoms with van der Waals surface area (Å²) in [5.41, 5.74) is 0.798. The number of β-amino-alcohol motifs (C(OH)–C–C–N with tert-alkyl or cyclic N) is 1. The SMILES string of the molecule is Cc1c(CNc2nnc(C)c3cnc(N4CC(O)C4)cc23)cccc1C(F)(F)F. The maximum Gasteiger partial charge on any atom is 0.416 e. The number of hydrogen-bond acceptors (Lipinski definition) is 6. The number of nitrogens with zero attached hydrogens (tertiary/aromatic N) is 4. The van der Waals surface area contributed by atoms with Crippen LogP contribution in [0.3, 0.4) is 0 Å². The van der Waals surface area contributed by atoms with Gasteiger partial charge in [0, 0.05) is 36.6 Å². The molecule has 2 N–H and O–H groups in total. The molecule has 1 aliphatic heterocycles. The van der Waals surface area contributed by atoms with Crippen LogP contribution < -0.4 is 10.2 Å². The van der Waals surface area contributed by atoms with Crippen LogP contribution in [0.2, 0.25) is 0 Å². The number of fused-ring (bicyclic) bond motifs is 1.